The van der Waals surface area contributed by atoms with E-state index in [1.807, 2.05) is 31.2 Å². The average Bonchev–Trinajstić information content (AvgIpc) is 2.77. The Balaban J connectivity index is 1.50. The molecule has 1 saturated heterocycles. The molecule has 2 aromatic carbocycles. The van der Waals surface area contributed by atoms with Crippen LogP contribution in [-0.4, -0.2) is 37.1 Å². The summed E-state index contributed by atoms with van der Waals surface area (Å²) in [7, 11) is 1.60. The number of ether oxygens (including phenoxy) is 2. The molecular formula is C24H32N2O3. The molecule has 29 heavy (non-hydrogen) atoms. The Hall–Kier alpha value is -2.53. The van der Waals surface area contributed by atoms with Crippen LogP contribution >= 0.6 is 0 Å². The number of nitrogens with zero attached hydrogens (tertiary/aromatic N) is 1. The van der Waals surface area contributed by atoms with Gasteiger partial charge in [0, 0.05) is 13.1 Å². The number of carbonyl (C=O) groups is 1. The second-order valence-corrected chi connectivity index (χ2v) is 7.54. The molecule has 0 saturated carbocycles. The van der Waals surface area contributed by atoms with E-state index in [-0.39, 0.29) is 5.91 Å². The van der Waals surface area contributed by atoms with E-state index in [4.69, 9.17) is 9.47 Å². The molecule has 0 aliphatic carbocycles. The molecule has 1 amide bonds. The van der Waals surface area contributed by atoms with Crippen molar-refractivity contribution in [3.05, 3.63) is 59.7 Å². The van der Waals surface area contributed by atoms with Gasteiger partial charge in [-0.25, -0.2) is 0 Å². The highest BCUT2D eigenvalue weighted by Crippen LogP contribution is 2.27. The number of rotatable bonds is 9. The van der Waals surface area contributed by atoms with Gasteiger partial charge in [0.2, 0.25) is 0 Å². The normalized spacial score (nSPS) is 15.5. The Morgan fingerprint density at radius 1 is 1.00 bits per heavy atom. The zero-order chi connectivity index (χ0) is 20.5. The number of nitrogens with one attached hydrogen (secondary N) is 1. The molecule has 1 unspecified atom stereocenters. The molecule has 1 fully saturated rings. The van der Waals surface area contributed by atoms with Crippen molar-refractivity contribution in [3.63, 3.8) is 0 Å². The summed E-state index contributed by atoms with van der Waals surface area (Å²) < 4.78 is 11.2. The second-order valence-electron chi connectivity index (χ2n) is 7.54. The van der Waals surface area contributed by atoms with Crippen LogP contribution in [0.2, 0.25) is 0 Å². The first-order chi connectivity index (χ1) is 14.2. The molecule has 1 atom stereocenters. The van der Waals surface area contributed by atoms with E-state index in [2.05, 4.69) is 34.5 Å². The van der Waals surface area contributed by atoms with Crippen LogP contribution in [0.1, 0.15) is 43.7 Å². The lowest BCUT2D eigenvalue weighted by molar-refractivity contribution is -0.128. The molecule has 5 nitrogen and oxygen atoms in total. The minimum atomic E-state index is -0.551. The number of hydrogen-bond acceptors (Lipinski definition) is 4. The molecule has 1 aliphatic heterocycles. The van der Waals surface area contributed by atoms with Crippen molar-refractivity contribution < 1.29 is 14.3 Å². The van der Waals surface area contributed by atoms with Crippen LogP contribution in [0, 0.1) is 0 Å². The number of benzene rings is 2. The van der Waals surface area contributed by atoms with Crippen LogP contribution in [0.25, 0.3) is 0 Å². The van der Waals surface area contributed by atoms with Crippen LogP contribution < -0.4 is 14.8 Å². The molecule has 0 spiro atoms. The van der Waals surface area contributed by atoms with E-state index >= 15 is 0 Å². The molecule has 5 heteroatoms. The Labute approximate surface area is 174 Å². The smallest absolute Gasteiger partial charge is 0.261 e. The highest BCUT2D eigenvalue weighted by molar-refractivity contribution is 5.81. The second kappa shape index (κ2) is 10.9. The predicted octanol–water partition coefficient (Wildman–Crippen LogP) is 4.15. The maximum Gasteiger partial charge on any atom is 0.261 e. The van der Waals surface area contributed by atoms with Crippen molar-refractivity contribution in [2.24, 2.45) is 0 Å². The van der Waals surface area contributed by atoms with Gasteiger partial charge < -0.3 is 14.8 Å². The Morgan fingerprint density at radius 2 is 1.66 bits per heavy atom. The Morgan fingerprint density at radius 3 is 2.31 bits per heavy atom. The number of likely N-dealkylation sites (tertiary alicyclic amines) is 1. The van der Waals surface area contributed by atoms with Gasteiger partial charge in [-0.3, -0.25) is 9.69 Å². The van der Waals surface area contributed by atoms with Crippen LogP contribution in [0.15, 0.2) is 48.5 Å². The Kier molecular flexibility index (Phi) is 7.94. The number of methoxy groups -OCH3 is 1. The van der Waals surface area contributed by atoms with Crippen molar-refractivity contribution in [1.29, 1.82) is 0 Å². The third-order valence-corrected chi connectivity index (χ3v) is 5.35. The number of para-hydroxylation sites is 2. The van der Waals surface area contributed by atoms with Gasteiger partial charge in [0.1, 0.15) is 0 Å². The molecule has 0 radical (unpaired) electrons. The largest absolute Gasteiger partial charge is 0.493 e. The third kappa shape index (κ3) is 6.23. The fourth-order valence-electron chi connectivity index (χ4n) is 3.63. The minimum absolute atomic E-state index is 0.115. The molecular weight excluding hydrogens is 364 g/mol. The fraction of sp³-hybridized carbons (Fsp3) is 0.458. The van der Waals surface area contributed by atoms with Gasteiger partial charge >= 0.3 is 0 Å². The molecule has 0 bridgehead atoms. The lowest BCUT2D eigenvalue weighted by atomic mass is 10.1. The van der Waals surface area contributed by atoms with Crippen LogP contribution in [0.5, 0.6) is 11.5 Å². The molecule has 1 heterocycles. The summed E-state index contributed by atoms with van der Waals surface area (Å²) >= 11 is 0. The summed E-state index contributed by atoms with van der Waals surface area (Å²) in [4.78, 5) is 15.1. The van der Waals surface area contributed by atoms with Crippen molar-refractivity contribution >= 4 is 5.91 Å². The van der Waals surface area contributed by atoms with Crippen LogP contribution in [-0.2, 0) is 17.9 Å². The van der Waals surface area contributed by atoms with Crippen molar-refractivity contribution in [2.75, 3.05) is 20.2 Å². The first kappa shape index (κ1) is 21.2. The maximum atomic E-state index is 12.6. The van der Waals surface area contributed by atoms with E-state index in [0.717, 1.165) is 12.1 Å². The van der Waals surface area contributed by atoms with Gasteiger partial charge in [-0.05, 0) is 55.6 Å². The fourth-order valence-corrected chi connectivity index (χ4v) is 3.63. The number of amides is 1. The van der Waals surface area contributed by atoms with Gasteiger partial charge in [0.05, 0.1) is 7.11 Å². The van der Waals surface area contributed by atoms with Gasteiger partial charge in [-0.1, -0.05) is 49.7 Å². The molecule has 2 aromatic rings. The molecule has 1 N–H and O–H groups in total. The van der Waals surface area contributed by atoms with E-state index in [1.54, 1.807) is 7.11 Å². The molecule has 0 aromatic heterocycles. The lowest BCUT2D eigenvalue weighted by Crippen LogP contribution is -2.37. The zero-order valence-electron chi connectivity index (χ0n) is 17.5. The van der Waals surface area contributed by atoms with Gasteiger partial charge in [-0.15, -0.1) is 0 Å². The minimum Gasteiger partial charge on any atom is -0.493 e. The van der Waals surface area contributed by atoms with Crippen molar-refractivity contribution in [3.8, 4) is 11.5 Å². The van der Waals surface area contributed by atoms with Crippen molar-refractivity contribution in [1.82, 2.24) is 10.2 Å². The molecule has 156 valence electrons. The van der Waals surface area contributed by atoms with E-state index < -0.39 is 6.10 Å². The van der Waals surface area contributed by atoms with Gasteiger partial charge in [-0.2, -0.15) is 0 Å². The van der Waals surface area contributed by atoms with E-state index in [9.17, 15) is 4.79 Å². The number of carbonyl (C=O) groups excluding carboxylic acids is 1. The number of piperidine rings is 1. The highest BCUT2D eigenvalue weighted by Gasteiger charge is 2.19. The summed E-state index contributed by atoms with van der Waals surface area (Å²) in [5.74, 6) is 1.10. The molecule has 3 rings (SSSR count). The quantitative estimate of drug-likeness (QED) is 0.692. The first-order valence-corrected chi connectivity index (χ1v) is 10.6. The van der Waals surface area contributed by atoms with E-state index in [0.29, 0.717) is 24.5 Å². The van der Waals surface area contributed by atoms with E-state index in [1.165, 1.54) is 37.9 Å². The predicted molar refractivity (Wildman–Crippen MR) is 115 cm³/mol. The topological polar surface area (TPSA) is 50.8 Å². The summed E-state index contributed by atoms with van der Waals surface area (Å²) in [6.07, 6.45) is 4.00. The van der Waals surface area contributed by atoms with Crippen molar-refractivity contribution in [2.45, 2.75) is 51.8 Å². The van der Waals surface area contributed by atoms with Gasteiger partial charge in [0.15, 0.2) is 17.6 Å². The third-order valence-electron chi connectivity index (χ3n) is 5.35. The number of hydrogen-bond donors (Lipinski definition) is 1. The average molecular weight is 397 g/mol. The zero-order valence-corrected chi connectivity index (χ0v) is 17.5. The first-order valence-electron chi connectivity index (χ1n) is 10.6. The lowest BCUT2D eigenvalue weighted by Gasteiger charge is -2.26. The maximum absolute atomic E-state index is 12.6. The standard InChI is InChI=1S/C24H32N2O3/c1-3-21(29-23-10-6-5-9-22(23)28-2)24(27)25-17-19-11-13-20(14-12-19)18-26-15-7-4-8-16-26/h5-6,9-14,21H,3-4,7-8,15-18H2,1-2H3,(H,25,27). The highest BCUT2D eigenvalue weighted by atomic mass is 16.5. The monoisotopic (exact) mass is 396 g/mol. The summed E-state index contributed by atoms with van der Waals surface area (Å²) in [5, 5.41) is 2.99. The molecule has 1 aliphatic rings. The SMILES string of the molecule is CCC(Oc1ccccc1OC)C(=O)NCc1ccc(CN2CCCCC2)cc1. The summed E-state index contributed by atoms with van der Waals surface area (Å²) in [6, 6.07) is 15.9. The summed E-state index contributed by atoms with van der Waals surface area (Å²) in [6.45, 7) is 5.84. The Bertz CT molecular complexity index is 770. The summed E-state index contributed by atoms with van der Waals surface area (Å²) in [5.41, 5.74) is 2.42. The van der Waals surface area contributed by atoms with Gasteiger partial charge in [0.25, 0.3) is 5.91 Å². The van der Waals surface area contributed by atoms with Crippen LogP contribution in [0.3, 0.4) is 0 Å². The van der Waals surface area contributed by atoms with Crippen LogP contribution in [0.4, 0.5) is 0 Å².